The van der Waals surface area contributed by atoms with Gasteiger partial charge in [0.15, 0.2) is 0 Å². The summed E-state index contributed by atoms with van der Waals surface area (Å²) in [6, 6.07) is 5.75. The van der Waals surface area contributed by atoms with Crippen LogP contribution in [0.4, 0.5) is 5.69 Å². The topological polar surface area (TPSA) is 63.0 Å². The molecule has 1 unspecified atom stereocenters. The molecule has 2 radical (unpaired) electrons. The number of aromatic nitrogens is 3. The van der Waals surface area contributed by atoms with Gasteiger partial charge in [0, 0.05) is 11.9 Å². The maximum Gasteiger partial charge on any atom is 0.113 e. The van der Waals surface area contributed by atoms with E-state index in [1.165, 1.54) is 0 Å². The van der Waals surface area contributed by atoms with Crippen molar-refractivity contribution >= 4 is 19.0 Å². The van der Waals surface area contributed by atoms with Gasteiger partial charge in [0.05, 0.1) is 24.9 Å². The summed E-state index contributed by atoms with van der Waals surface area (Å²) in [7, 11) is 5.75. The lowest BCUT2D eigenvalue weighted by Crippen LogP contribution is -2.35. The zero-order chi connectivity index (χ0) is 12.5. The summed E-state index contributed by atoms with van der Waals surface area (Å²) >= 11 is 0. The van der Waals surface area contributed by atoms with E-state index in [1.807, 2.05) is 18.2 Å². The quantitative estimate of drug-likeness (QED) is 0.708. The second kappa shape index (κ2) is 4.46. The molecular formula is C12H13BN4O. The van der Waals surface area contributed by atoms with Gasteiger partial charge in [-0.25, -0.2) is 4.68 Å². The third kappa shape index (κ3) is 2.11. The first-order chi connectivity index (χ1) is 8.72. The summed E-state index contributed by atoms with van der Waals surface area (Å²) < 4.78 is 1.63. The lowest BCUT2D eigenvalue weighted by molar-refractivity contribution is 0.129. The summed E-state index contributed by atoms with van der Waals surface area (Å²) in [6.45, 7) is 0.432. The van der Waals surface area contributed by atoms with Crippen molar-refractivity contribution in [2.24, 2.45) is 0 Å². The smallest absolute Gasteiger partial charge is 0.113 e. The van der Waals surface area contributed by atoms with Crippen LogP contribution in [0.5, 0.6) is 0 Å². The minimum atomic E-state index is -0.514. The number of anilines is 1. The molecule has 0 fully saturated rings. The van der Waals surface area contributed by atoms with Crippen LogP contribution in [0.25, 0.3) is 0 Å². The SMILES string of the molecule is [B]c1ccc2c(c1)CC([C@@H](O)Cn1ccnn1)N2. The number of fused-ring (bicyclic) bond motifs is 1. The number of nitrogens with zero attached hydrogens (tertiary/aromatic N) is 3. The van der Waals surface area contributed by atoms with Crippen LogP contribution in [0.3, 0.4) is 0 Å². The Balaban J connectivity index is 1.69. The van der Waals surface area contributed by atoms with E-state index in [-0.39, 0.29) is 6.04 Å². The van der Waals surface area contributed by atoms with Gasteiger partial charge in [-0.3, -0.25) is 0 Å². The minimum Gasteiger partial charge on any atom is -0.389 e. The molecule has 90 valence electrons. The molecule has 6 heteroatoms. The van der Waals surface area contributed by atoms with Gasteiger partial charge in [0.1, 0.15) is 7.85 Å². The van der Waals surface area contributed by atoms with Gasteiger partial charge in [-0.1, -0.05) is 22.8 Å². The van der Waals surface area contributed by atoms with Gasteiger partial charge in [-0.2, -0.15) is 0 Å². The summed E-state index contributed by atoms with van der Waals surface area (Å²) in [5.74, 6) is 0. The molecular weight excluding hydrogens is 227 g/mol. The first kappa shape index (κ1) is 11.3. The summed E-state index contributed by atoms with van der Waals surface area (Å²) in [6.07, 6.45) is 3.60. The number of aliphatic hydroxyl groups excluding tert-OH is 1. The van der Waals surface area contributed by atoms with E-state index in [0.29, 0.717) is 6.54 Å². The summed E-state index contributed by atoms with van der Waals surface area (Å²) in [5, 5.41) is 21.1. The molecule has 1 aromatic heterocycles. The fourth-order valence-electron chi connectivity index (χ4n) is 2.29. The standard InChI is InChI=1S/C12H13BN4O/c13-9-1-2-10-8(5-9)6-11(15-10)12(18)7-17-4-3-14-16-17/h1-5,11-12,15,18H,6-7H2/t11?,12-/m0/s1. The van der Waals surface area contributed by atoms with Crippen LogP contribution in [-0.2, 0) is 13.0 Å². The molecule has 3 rings (SSSR count). The Morgan fingerprint density at radius 2 is 2.44 bits per heavy atom. The van der Waals surface area contributed by atoms with E-state index in [4.69, 9.17) is 7.85 Å². The Morgan fingerprint density at radius 3 is 3.22 bits per heavy atom. The monoisotopic (exact) mass is 240 g/mol. The zero-order valence-corrected chi connectivity index (χ0v) is 9.82. The van der Waals surface area contributed by atoms with Crippen molar-refractivity contribution < 1.29 is 5.11 Å². The number of nitrogens with one attached hydrogen (secondary N) is 1. The Kier molecular flexibility index (Phi) is 2.79. The highest BCUT2D eigenvalue weighted by Crippen LogP contribution is 2.26. The van der Waals surface area contributed by atoms with E-state index < -0.39 is 6.10 Å². The molecule has 1 aromatic carbocycles. The lowest BCUT2D eigenvalue weighted by atomic mass is 9.93. The molecule has 0 aliphatic carbocycles. The number of hydrogen-bond donors (Lipinski definition) is 2. The first-order valence-corrected chi connectivity index (χ1v) is 5.89. The maximum absolute atomic E-state index is 10.2. The minimum absolute atomic E-state index is 0.00833. The van der Waals surface area contributed by atoms with Gasteiger partial charge >= 0.3 is 0 Å². The predicted molar refractivity (Wildman–Crippen MR) is 69.0 cm³/mol. The second-order valence-electron chi connectivity index (χ2n) is 4.56. The van der Waals surface area contributed by atoms with Crippen molar-refractivity contribution in [3.8, 4) is 0 Å². The number of benzene rings is 1. The highest BCUT2D eigenvalue weighted by Gasteiger charge is 2.27. The van der Waals surface area contributed by atoms with Crippen LogP contribution in [0, 0.1) is 0 Å². The van der Waals surface area contributed by atoms with Crippen molar-refractivity contribution in [2.75, 3.05) is 5.32 Å². The summed E-state index contributed by atoms with van der Waals surface area (Å²) in [4.78, 5) is 0. The molecule has 1 aliphatic rings. The molecule has 0 amide bonds. The van der Waals surface area contributed by atoms with E-state index in [9.17, 15) is 5.11 Å². The zero-order valence-electron chi connectivity index (χ0n) is 9.82. The molecule has 2 N–H and O–H groups in total. The predicted octanol–water partition coefficient (Wildman–Crippen LogP) is -0.530. The Bertz CT molecular complexity index is 543. The average Bonchev–Trinajstić information content (AvgIpc) is 2.96. The van der Waals surface area contributed by atoms with E-state index in [0.717, 1.165) is 23.1 Å². The van der Waals surface area contributed by atoms with Crippen LogP contribution in [0.15, 0.2) is 30.6 Å². The highest BCUT2D eigenvalue weighted by atomic mass is 16.3. The average molecular weight is 240 g/mol. The normalized spacial score (nSPS) is 19.3. The lowest BCUT2D eigenvalue weighted by Gasteiger charge is -2.18. The van der Waals surface area contributed by atoms with Gasteiger partial charge < -0.3 is 10.4 Å². The molecule has 2 aromatic rings. The molecule has 1 aliphatic heterocycles. The van der Waals surface area contributed by atoms with Crippen LogP contribution < -0.4 is 10.8 Å². The molecule has 0 saturated carbocycles. The third-order valence-electron chi connectivity index (χ3n) is 3.22. The van der Waals surface area contributed by atoms with Crippen molar-refractivity contribution in [2.45, 2.75) is 25.1 Å². The first-order valence-electron chi connectivity index (χ1n) is 5.89. The molecule has 0 spiro atoms. The fraction of sp³-hybridized carbons (Fsp3) is 0.333. The van der Waals surface area contributed by atoms with Gasteiger partial charge in [-0.05, 0) is 18.1 Å². The van der Waals surface area contributed by atoms with Crippen molar-refractivity contribution in [3.05, 3.63) is 36.2 Å². The molecule has 18 heavy (non-hydrogen) atoms. The van der Waals surface area contributed by atoms with Gasteiger partial charge in [-0.15, -0.1) is 5.10 Å². The van der Waals surface area contributed by atoms with Crippen LogP contribution >= 0.6 is 0 Å². The van der Waals surface area contributed by atoms with Crippen LogP contribution in [0.1, 0.15) is 5.56 Å². The molecule has 5 nitrogen and oxygen atoms in total. The summed E-state index contributed by atoms with van der Waals surface area (Å²) in [5.41, 5.74) is 2.95. The van der Waals surface area contributed by atoms with E-state index in [1.54, 1.807) is 17.1 Å². The van der Waals surface area contributed by atoms with Gasteiger partial charge in [0.2, 0.25) is 0 Å². The second-order valence-corrected chi connectivity index (χ2v) is 4.56. The molecule has 2 atom stereocenters. The molecule has 0 bridgehead atoms. The third-order valence-corrected chi connectivity index (χ3v) is 3.22. The molecule has 2 heterocycles. The number of hydrogen-bond acceptors (Lipinski definition) is 4. The van der Waals surface area contributed by atoms with E-state index >= 15 is 0 Å². The van der Waals surface area contributed by atoms with Crippen molar-refractivity contribution in [1.29, 1.82) is 0 Å². The number of rotatable bonds is 3. The maximum atomic E-state index is 10.2. The number of aliphatic hydroxyl groups is 1. The van der Waals surface area contributed by atoms with Gasteiger partial charge in [0.25, 0.3) is 0 Å². The van der Waals surface area contributed by atoms with Crippen molar-refractivity contribution in [1.82, 2.24) is 15.0 Å². The van der Waals surface area contributed by atoms with E-state index in [2.05, 4.69) is 15.6 Å². The molecule has 0 saturated heterocycles. The Labute approximate surface area is 106 Å². The fourth-order valence-corrected chi connectivity index (χ4v) is 2.29. The highest BCUT2D eigenvalue weighted by molar-refractivity contribution is 6.32. The largest absolute Gasteiger partial charge is 0.389 e. The Morgan fingerprint density at radius 1 is 1.56 bits per heavy atom. The Hall–Kier alpha value is -1.82. The van der Waals surface area contributed by atoms with Crippen LogP contribution in [0.2, 0.25) is 0 Å². The van der Waals surface area contributed by atoms with Crippen LogP contribution in [-0.4, -0.2) is 40.1 Å². The van der Waals surface area contributed by atoms with Crippen molar-refractivity contribution in [3.63, 3.8) is 0 Å².